The predicted octanol–water partition coefficient (Wildman–Crippen LogP) is 2.88. The standard InChI is InChI=1S/C14H13FN2O/c15-11-5-4-8-13(9-11)16-10-14(18)17-12-6-2-1-3-7-12/h1-9,16H,10H2,(H,17,18). The van der Waals surface area contributed by atoms with Crippen molar-refractivity contribution in [2.75, 3.05) is 17.2 Å². The first kappa shape index (κ1) is 12.1. The second kappa shape index (κ2) is 5.82. The molecule has 0 aliphatic heterocycles. The van der Waals surface area contributed by atoms with Gasteiger partial charge < -0.3 is 10.6 Å². The lowest BCUT2D eigenvalue weighted by Gasteiger charge is -2.07. The monoisotopic (exact) mass is 244 g/mol. The molecule has 0 spiro atoms. The van der Waals surface area contributed by atoms with Gasteiger partial charge >= 0.3 is 0 Å². The molecule has 0 atom stereocenters. The third-order valence-electron chi connectivity index (χ3n) is 2.34. The zero-order chi connectivity index (χ0) is 12.8. The molecule has 0 aliphatic rings. The van der Waals surface area contributed by atoms with E-state index < -0.39 is 0 Å². The van der Waals surface area contributed by atoms with Gasteiger partial charge in [-0.05, 0) is 30.3 Å². The Balaban J connectivity index is 1.85. The number of halogens is 1. The molecular formula is C14H13FN2O. The summed E-state index contributed by atoms with van der Waals surface area (Å²) in [5.41, 5.74) is 1.32. The van der Waals surface area contributed by atoms with Gasteiger partial charge in [0.05, 0.1) is 6.54 Å². The van der Waals surface area contributed by atoms with Crippen LogP contribution in [-0.2, 0) is 4.79 Å². The minimum absolute atomic E-state index is 0.0956. The summed E-state index contributed by atoms with van der Waals surface area (Å²) in [6, 6.07) is 15.2. The highest BCUT2D eigenvalue weighted by atomic mass is 19.1. The summed E-state index contributed by atoms with van der Waals surface area (Å²) in [5, 5.41) is 5.59. The third kappa shape index (κ3) is 3.59. The van der Waals surface area contributed by atoms with E-state index in [1.807, 2.05) is 18.2 Å². The maximum Gasteiger partial charge on any atom is 0.243 e. The van der Waals surface area contributed by atoms with Gasteiger partial charge in [-0.3, -0.25) is 4.79 Å². The van der Waals surface area contributed by atoms with E-state index in [1.165, 1.54) is 12.1 Å². The van der Waals surface area contributed by atoms with E-state index in [0.29, 0.717) is 5.69 Å². The Hall–Kier alpha value is -2.36. The minimum Gasteiger partial charge on any atom is -0.376 e. The van der Waals surface area contributed by atoms with Crippen LogP contribution >= 0.6 is 0 Å². The van der Waals surface area contributed by atoms with E-state index in [0.717, 1.165) is 5.69 Å². The van der Waals surface area contributed by atoms with Crippen LogP contribution in [0.1, 0.15) is 0 Å². The van der Waals surface area contributed by atoms with Crippen molar-refractivity contribution in [1.29, 1.82) is 0 Å². The van der Waals surface area contributed by atoms with Crippen LogP contribution in [0.5, 0.6) is 0 Å². The fraction of sp³-hybridized carbons (Fsp3) is 0.0714. The van der Waals surface area contributed by atoms with Crippen LogP contribution in [-0.4, -0.2) is 12.5 Å². The second-order valence-corrected chi connectivity index (χ2v) is 3.78. The smallest absolute Gasteiger partial charge is 0.243 e. The number of carbonyl (C=O) groups excluding carboxylic acids is 1. The van der Waals surface area contributed by atoms with E-state index in [4.69, 9.17) is 0 Å². The molecule has 92 valence electrons. The van der Waals surface area contributed by atoms with Crippen LogP contribution in [0.15, 0.2) is 54.6 Å². The predicted molar refractivity (Wildman–Crippen MR) is 70.0 cm³/mol. The van der Waals surface area contributed by atoms with Crippen molar-refractivity contribution in [3.63, 3.8) is 0 Å². The molecule has 0 unspecified atom stereocenters. The van der Waals surface area contributed by atoms with Gasteiger partial charge in [0.25, 0.3) is 0 Å². The maximum absolute atomic E-state index is 12.9. The van der Waals surface area contributed by atoms with Crippen LogP contribution in [0.4, 0.5) is 15.8 Å². The van der Waals surface area contributed by atoms with Crippen LogP contribution < -0.4 is 10.6 Å². The Bertz CT molecular complexity index is 528. The Labute approximate surface area is 105 Å². The minimum atomic E-state index is -0.330. The first-order valence-electron chi connectivity index (χ1n) is 5.58. The molecule has 4 heteroatoms. The number of benzene rings is 2. The van der Waals surface area contributed by atoms with Gasteiger partial charge in [0.2, 0.25) is 5.91 Å². The van der Waals surface area contributed by atoms with Gasteiger partial charge in [-0.25, -0.2) is 4.39 Å². The summed E-state index contributed by atoms with van der Waals surface area (Å²) >= 11 is 0. The van der Waals surface area contributed by atoms with Crippen molar-refractivity contribution in [1.82, 2.24) is 0 Å². The molecule has 0 heterocycles. The number of hydrogen-bond acceptors (Lipinski definition) is 2. The van der Waals surface area contributed by atoms with Crippen molar-refractivity contribution >= 4 is 17.3 Å². The fourth-order valence-corrected chi connectivity index (χ4v) is 1.51. The highest BCUT2D eigenvalue weighted by Gasteiger charge is 2.02. The summed E-state index contributed by atoms with van der Waals surface area (Å²) in [5.74, 6) is -0.506. The van der Waals surface area contributed by atoms with Gasteiger partial charge in [-0.2, -0.15) is 0 Å². The number of hydrogen-bond donors (Lipinski definition) is 2. The normalized spacial score (nSPS) is 9.83. The number of carbonyl (C=O) groups is 1. The SMILES string of the molecule is O=C(CNc1cccc(F)c1)Nc1ccccc1. The summed E-state index contributed by atoms with van der Waals surface area (Å²) in [4.78, 5) is 11.6. The van der Waals surface area contributed by atoms with E-state index >= 15 is 0 Å². The van der Waals surface area contributed by atoms with Gasteiger partial charge in [0.15, 0.2) is 0 Å². The maximum atomic E-state index is 12.9. The summed E-state index contributed by atoms with van der Waals surface area (Å²) in [7, 11) is 0. The number of rotatable bonds is 4. The molecule has 0 aromatic heterocycles. The van der Waals surface area contributed by atoms with Gasteiger partial charge in [-0.1, -0.05) is 24.3 Å². The molecule has 0 radical (unpaired) electrons. The Morgan fingerprint density at radius 2 is 1.72 bits per heavy atom. The molecule has 0 aliphatic carbocycles. The van der Waals surface area contributed by atoms with E-state index in [2.05, 4.69) is 10.6 Å². The fourth-order valence-electron chi connectivity index (χ4n) is 1.51. The molecule has 0 saturated heterocycles. The molecule has 1 amide bonds. The van der Waals surface area contributed by atoms with Crippen LogP contribution in [0.25, 0.3) is 0 Å². The lowest BCUT2D eigenvalue weighted by atomic mass is 10.3. The highest BCUT2D eigenvalue weighted by molar-refractivity contribution is 5.93. The molecule has 0 bridgehead atoms. The van der Waals surface area contributed by atoms with E-state index in [-0.39, 0.29) is 18.3 Å². The lowest BCUT2D eigenvalue weighted by molar-refractivity contribution is -0.114. The van der Waals surface area contributed by atoms with Gasteiger partial charge in [-0.15, -0.1) is 0 Å². The largest absolute Gasteiger partial charge is 0.376 e. The molecule has 2 rings (SSSR count). The van der Waals surface area contributed by atoms with Crippen molar-refractivity contribution in [3.8, 4) is 0 Å². The number of para-hydroxylation sites is 1. The van der Waals surface area contributed by atoms with Crippen LogP contribution in [0, 0.1) is 5.82 Å². The van der Waals surface area contributed by atoms with E-state index in [1.54, 1.807) is 24.3 Å². The van der Waals surface area contributed by atoms with E-state index in [9.17, 15) is 9.18 Å². The van der Waals surface area contributed by atoms with Crippen molar-refractivity contribution < 1.29 is 9.18 Å². The topological polar surface area (TPSA) is 41.1 Å². The number of nitrogens with one attached hydrogen (secondary N) is 2. The van der Waals surface area contributed by atoms with Crippen molar-refractivity contribution in [3.05, 3.63) is 60.4 Å². The van der Waals surface area contributed by atoms with Crippen molar-refractivity contribution in [2.24, 2.45) is 0 Å². The second-order valence-electron chi connectivity index (χ2n) is 3.78. The lowest BCUT2D eigenvalue weighted by Crippen LogP contribution is -2.21. The third-order valence-corrected chi connectivity index (χ3v) is 2.34. The molecule has 0 saturated carbocycles. The van der Waals surface area contributed by atoms with Gasteiger partial charge in [0, 0.05) is 11.4 Å². The van der Waals surface area contributed by atoms with Gasteiger partial charge in [0.1, 0.15) is 5.82 Å². The first-order chi connectivity index (χ1) is 8.74. The highest BCUT2D eigenvalue weighted by Crippen LogP contribution is 2.09. The molecule has 3 nitrogen and oxygen atoms in total. The Morgan fingerprint density at radius 3 is 2.44 bits per heavy atom. The molecule has 0 fully saturated rings. The number of anilines is 2. The molecule has 2 aromatic carbocycles. The molecule has 2 aromatic rings. The first-order valence-corrected chi connectivity index (χ1v) is 5.58. The van der Waals surface area contributed by atoms with Crippen LogP contribution in [0.3, 0.4) is 0 Å². The molecular weight excluding hydrogens is 231 g/mol. The Kier molecular flexibility index (Phi) is 3.91. The quantitative estimate of drug-likeness (QED) is 0.868. The summed E-state index contributed by atoms with van der Waals surface area (Å²) in [6.07, 6.45) is 0. The van der Waals surface area contributed by atoms with Crippen LogP contribution in [0.2, 0.25) is 0 Å². The average molecular weight is 244 g/mol. The number of amides is 1. The average Bonchev–Trinajstić information content (AvgIpc) is 2.38. The molecule has 18 heavy (non-hydrogen) atoms. The summed E-state index contributed by atoms with van der Waals surface area (Å²) in [6.45, 7) is 0.0956. The zero-order valence-corrected chi connectivity index (χ0v) is 9.69. The zero-order valence-electron chi connectivity index (χ0n) is 9.69. The Morgan fingerprint density at radius 1 is 1.00 bits per heavy atom. The molecule has 2 N–H and O–H groups in total. The van der Waals surface area contributed by atoms with Crippen molar-refractivity contribution in [2.45, 2.75) is 0 Å². The summed E-state index contributed by atoms with van der Waals surface area (Å²) < 4.78 is 12.9.